The molecule has 0 amide bonds. The maximum absolute atomic E-state index is 8.56. The number of rotatable bonds is 4. The van der Waals surface area contributed by atoms with Gasteiger partial charge in [0.25, 0.3) is 0 Å². The van der Waals surface area contributed by atoms with Crippen molar-refractivity contribution in [1.29, 1.82) is 0 Å². The van der Waals surface area contributed by atoms with Gasteiger partial charge in [-0.25, -0.2) is 0 Å². The molecular weight excluding hydrogens is 577 g/mol. The van der Waals surface area contributed by atoms with Crippen molar-refractivity contribution in [2.45, 2.75) is 46.3 Å². The predicted molar refractivity (Wildman–Crippen MR) is 127 cm³/mol. The number of aliphatic hydroxyl groups excluding tert-OH is 2. The van der Waals surface area contributed by atoms with Crippen LogP contribution in [-0.2, 0) is 20.1 Å². The van der Waals surface area contributed by atoms with Crippen LogP contribution in [0, 0.1) is 19.9 Å². The Bertz CT molecular complexity index is 1030. The molecule has 0 bridgehead atoms. The van der Waals surface area contributed by atoms with E-state index in [1.807, 2.05) is 30.3 Å². The first-order valence-electron chi connectivity index (χ1n) is 10.5. The van der Waals surface area contributed by atoms with Gasteiger partial charge in [-0.15, -0.1) is 35.4 Å². The molecule has 0 aliphatic carbocycles. The maximum atomic E-state index is 8.56. The zero-order valence-electron chi connectivity index (χ0n) is 18.8. The van der Waals surface area contributed by atoms with E-state index in [-0.39, 0.29) is 32.3 Å². The van der Waals surface area contributed by atoms with Crippen molar-refractivity contribution in [1.82, 2.24) is 9.97 Å². The summed E-state index contributed by atoms with van der Waals surface area (Å²) in [5, 5.41) is 17.1. The summed E-state index contributed by atoms with van der Waals surface area (Å²) >= 11 is 0. The van der Waals surface area contributed by atoms with Gasteiger partial charge in [0, 0.05) is 25.8 Å². The molecule has 0 aliphatic heterocycles. The van der Waals surface area contributed by atoms with Crippen LogP contribution in [0.1, 0.15) is 31.4 Å². The zero-order valence-corrected chi connectivity index (χ0v) is 21.2. The molecule has 1 radical (unpaired) electrons. The van der Waals surface area contributed by atoms with Crippen molar-refractivity contribution in [3.05, 3.63) is 83.9 Å². The quantitative estimate of drug-likeness (QED) is 0.301. The largest absolute Gasteiger partial charge is 0.393 e. The van der Waals surface area contributed by atoms with Gasteiger partial charge >= 0.3 is 0 Å². The Morgan fingerprint density at radius 2 is 1.28 bits per heavy atom. The molecule has 3 aromatic carbocycles. The SMILES string of the molecule is CC(O)CC(C)O.Cc1c[c-]c(-c2nc3ccccc3nc2-c2ccc(C)cc2)cc1.[Ir]. The number of hydrogen-bond donors (Lipinski definition) is 2. The molecule has 169 valence electrons. The Hall–Kier alpha value is -2.43. The second-order valence-electron chi connectivity index (χ2n) is 7.99. The molecule has 0 saturated heterocycles. The zero-order chi connectivity index (χ0) is 22.4. The second kappa shape index (κ2) is 12.0. The number of benzene rings is 3. The molecule has 4 nitrogen and oxygen atoms in total. The fraction of sp³-hybridized carbons (Fsp3) is 0.259. The van der Waals surface area contributed by atoms with Crippen molar-refractivity contribution < 1.29 is 30.3 Å². The Kier molecular flexibility index (Phi) is 9.67. The van der Waals surface area contributed by atoms with Crippen LogP contribution in [0.25, 0.3) is 33.5 Å². The summed E-state index contributed by atoms with van der Waals surface area (Å²) in [5.74, 6) is 0. The minimum Gasteiger partial charge on any atom is -0.393 e. The molecule has 2 atom stereocenters. The van der Waals surface area contributed by atoms with E-state index in [9.17, 15) is 0 Å². The van der Waals surface area contributed by atoms with E-state index in [4.69, 9.17) is 20.2 Å². The predicted octanol–water partition coefficient (Wildman–Crippen LogP) is 5.52. The van der Waals surface area contributed by atoms with Gasteiger partial charge in [-0.1, -0.05) is 48.9 Å². The van der Waals surface area contributed by atoms with Crippen molar-refractivity contribution in [3.8, 4) is 22.5 Å². The van der Waals surface area contributed by atoms with Crippen molar-refractivity contribution >= 4 is 11.0 Å². The standard InChI is InChI=1S/C22H17N2.C5H12O2.Ir/c1-15-7-11-17(12-8-15)21-22(18-13-9-16(2)10-14-18)24-20-6-4-3-5-19(20)23-21;1-4(6)3-5(2)7;/h3-13H,1-2H3;4-7H,3H2,1-2H3;/q-1;;. The van der Waals surface area contributed by atoms with Crippen LogP contribution in [0.5, 0.6) is 0 Å². The van der Waals surface area contributed by atoms with E-state index in [0.717, 1.165) is 33.5 Å². The third-order valence-corrected chi connectivity index (χ3v) is 4.80. The Labute approximate surface area is 203 Å². The first kappa shape index (κ1) is 25.8. The first-order chi connectivity index (χ1) is 14.8. The number of fused-ring (bicyclic) bond motifs is 1. The molecule has 0 fully saturated rings. The third-order valence-electron chi connectivity index (χ3n) is 4.80. The van der Waals surface area contributed by atoms with Crippen LogP contribution in [-0.4, -0.2) is 32.4 Å². The summed E-state index contributed by atoms with van der Waals surface area (Å²) in [4.78, 5) is 9.77. The fourth-order valence-corrected chi connectivity index (χ4v) is 3.24. The van der Waals surface area contributed by atoms with E-state index in [1.165, 1.54) is 11.1 Å². The van der Waals surface area contributed by atoms with Gasteiger partial charge in [0.05, 0.1) is 28.9 Å². The minimum absolute atomic E-state index is 0. The van der Waals surface area contributed by atoms with E-state index in [2.05, 4.69) is 56.3 Å². The van der Waals surface area contributed by atoms with Crippen LogP contribution in [0.15, 0.2) is 66.7 Å². The van der Waals surface area contributed by atoms with Gasteiger partial charge < -0.3 is 10.2 Å². The maximum Gasteiger partial charge on any atom is 0.0875 e. The molecular formula is C27H29IrN2O2-. The van der Waals surface area contributed by atoms with Crippen molar-refractivity contribution in [2.75, 3.05) is 0 Å². The summed E-state index contributed by atoms with van der Waals surface area (Å²) < 4.78 is 0. The number of aliphatic hydroxyl groups is 2. The van der Waals surface area contributed by atoms with Gasteiger partial charge in [0.2, 0.25) is 0 Å². The molecule has 0 spiro atoms. The summed E-state index contributed by atoms with van der Waals surface area (Å²) in [7, 11) is 0. The molecule has 4 aromatic rings. The molecule has 0 saturated carbocycles. The van der Waals surface area contributed by atoms with Gasteiger partial charge in [0.15, 0.2) is 0 Å². The number of aryl methyl sites for hydroxylation is 2. The van der Waals surface area contributed by atoms with Gasteiger partial charge in [-0.3, -0.25) is 9.97 Å². The average Bonchev–Trinajstić information content (AvgIpc) is 2.73. The Balaban J connectivity index is 0.000000398. The number of nitrogens with zero attached hydrogens (tertiary/aromatic N) is 2. The van der Waals surface area contributed by atoms with Gasteiger partial charge in [-0.05, 0) is 44.9 Å². The van der Waals surface area contributed by atoms with E-state index in [0.29, 0.717) is 6.42 Å². The second-order valence-corrected chi connectivity index (χ2v) is 7.99. The molecule has 4 rings (SSSR count). The summed E-state index contributed by atoms with van der Waals surface area (Å²) in [6.45, 7) is 7.47. The van der Waals surface area contributed by atoms with Gasteiger partial charge in [-0.2, -0.15) is 0 Å². The van der Waals surface area contributed by atoms with E-state index >= 15 is 0 Å². The summed E-state index contributed by atoms with van der Waals surface area (Å²) in [6.07, 6.45) is -0.278. The molecule has 2 unspecified atom stereocenters. The molecule has 32 heavy (non-hydrogen) atoms. The van der Waals surface area contributed by atoms with Crippen molar-refractivity contribution in [2.24, 2.45) is 0 Å². The molecule has 1 heterocycles. The van der Waals surface area contributed by atoms with Crippen LogP contribution >= 0.6 is 0 Å². The van der Waals surface area contributed by atoms with Crippen LogP contribution in [0.4, 0.5) is 0 Å². The van der Waals surface area contributed by atoms with Crippen LogP contribution in [0.2, 0.25) is 0 Å². The third kappa shape index (κ3) is 7.04. The summed E-state index contributed by atoms with van der Waals surface area (Å²) in [5.41, 5.74) is 8.03. The number of hydrogen-bond acceptors (Lipinski definition) is 4. The normalized spacial score (nSPS) is 12.3. The van der Waals surface area contributed by atoms with E-state index < -0.39 is 0 Å². The van der Waals surface area contributed by atoms with Crippen LogP contribution < -0.4 is 0 Å². The fourth-order valence-electron chi connectivity index (χ4n) is 3.24. The van der Waals surface area contributed by atoms with Gasteiger partial charge in [0.1, 0.15) is 0 Å². The van der Waals surface area contributed by atoms with Crippen LogP contribution in [0.3, 0.4) is 0 Å². The Morgan fingerprint density at radius 3 is 1.75 bits per heavy atom. The number of para-hydroxylation sites is 2. The minimum atomic E-state index is -0.375. The molecule has 1 aromatic heterocycles. The Morgan fingerprint density at radius 1 is 0.750 bits per heavy atom. The summed E-state index contributed by atoms with van der Waals surface area (Å²) in [6, 6.07) is 25.9. The molecule has 5 heteroatoms. The molecule has 0 aliphatic rings. The number of aromatic nitrogens is 2. The average molecular weight is 606 g/mol. The monoisotopic (exact) mass is 606 g/mol. The first-order valence-corrected chi connectivity index (χ1v) is 10.5. The molecule has 2 N–H and O–H groups in total. The smallest absolute Gasteiger partial charge is 0.0875 e. The topological polar surface area (TPSA) is 66.2 Å². The van der Waals surface area contributed by atoms with Crippen molar-refractivity contribution in [3.63, 3.8) is 0 Å². The van der Waals surface area contributed by atoms with E-state index in [1.54, 1.807) is 13.8 Å².